The summed E-state index contributed by atoms with van der Waals surface area (Å²) in [5, 5.41) is 15.0. The Bertz CT molecular complexity index is 1050. The Morgan fingerprint density at radius 3 is 2.17 bits per heavy atom. The minimum Gasteiger partial charge on any atom is -0.481 e. The molecule has 2 aromatic rings. The molecule has 2 aliphatic rings. The van der Waals surface area contributed by atoms with E-state index in [0.717, 1.165) is 41.5 Å². The molecular weight excluding hydrogens is 444 g/mol. The number of alkyl carbamates (subject to hydrolysis) is 1. The lowest BCUT2D eigenvalue weighted by molar-refractivity contribution is -0.139. The number of benzene rings is 2. The van der Waals surface area contributed by atoms with E-state index in [0.29, 0.717) is 6.42 Å². The molecule has 186 valence electrons. The highest BCUT2D eigenvalue weighted by Crippen LogP contribution is 2.44. The highest BCUT2D eigenvalue weighted by molar-refractivity contribution is 5.84. The van der Waals surface area contributed by atoms with Crippen LogP contribution in [0.15, 0.2) is 48.5 Å². The Hall–Kier alpha value is -3.35. The number of aliphatic carboxylic acids is 1. The molecule has 3 N–H and O–H groups in total. The first-order chi connectivity index (χ1) is 16.8. The van der Waals surface area contributed by atoms with E-state index in [1.165, 1.54) is 0 Å². The van der Waals surface area contributed by atoms with Crippen molar-refractivity contribution in [2.45, 2.75) is 57.9 Å². The molecule has 1 saturated carbocycles. The van der Waals surface area contributed by atoms with Gasteiger partial charge in [-0.15, -0.1) is 0 Å². The van der Waals surface area contributed by atoms with Crippen molar-refractivity contribution in [2.24, 2.45) is 11.3 Å². The van der Waals surface area contributed by atoms with Crippen molar-refractivity contribution in [2.75, 3.05) is 13.2 Å². The zero-order valence-corrected chi connectivity index (χ0v) is 20.4. The van der Waals surface area contributed by atoms with Crippen molar-refractivity contribution in [1.82, 2.24) is 10.6 Å². The summed E-state index contributed by atoms with van der Waals surface area (Å²) in [5.74, 6) is -0.992. The SMILES string of the molecule is CCC(C)(CNC(=O)OCC1c2ccccc2-c2ccccc21)C(=O)NC(CC(=O)O)C1CCC1. The summed E-state index contributed by atoms with van der Waals surface area (Å²) in [5.41, 5.74) is 3.73. The smallest absolute Gasteiger partial charge is 0.407 e. The Balaban J connectivity index is 1.34. The van der Waals surface area contributed by atoms with Gasteiger partial charge in [0.15, 0.2) is 0 Å². The number of carboxylic acid groups (broad SMARTS) is 1. The van der Waals surface area contributed by atoms with E-state index in [9.17, 15) is 19.5 Å². The zero-order chi connectivity index (χ0) is 25.0. The van der Waals surface area contributed by atoms with Crippen LogP contribution in [-0.2, 0) is 14.3 Å². The summed E-state index contributed by atoms with van der Waals surface area (Å²) in [6.07, 6.45) is 2.76. The van der Waals surface area contributed by atoms with E-state index < -0.39 is 17.5 Å². The Morgan fingerprint density at radius 2 is 1.66 bits per heavy atom. The quantitative estimate of drug-likeness (QED) is 0.459. The molecule has 2 unspecified atom stereocenters. The van der Waals surface area contributed by atoms with Crippen molar-refractivity contribution >= 4 is 18.0 Å². The first kappa shape index (κ1) is 24.8. The molecule has 2 atom stereocenters. The normalized spacial score (nSPS) is 17.3. The molecule has 0 spiro atoms. The number of hydrogen-bond acceptors (Lipinski definition) is 4. The first-order valence-corrected chi connectivity index (χ1v) is 12.4. The second-order valence-electron chi connectivity index (χ2n) is 9.96. The fourth-order valence-corrected chi connectivity index (χ4v) is 4.99. The van der Waals surface area contributed by atoms with Gasteiger partial charge < -0.3 is 20.5 Å². The lowest BCUT2D eigenvalue weighted by atomic mass is 9.77. The van der Waals surface area contributed by atoms with Gasteiger partial charge in [-0.1, -0.05) is 61.9 Å². The van der Waals surface area contributed by atoms with E-state index in [4.69, 9.17) is 4.74 Å². The standard InChI is InChI=1S/C28H34N2O5/c1-3-28(2,26(33)30-24(15-25(31)32)18-9-8-10-18)17-29-27(34)35-16-23-21-13-6-4-11-19(21)20-12-5-7-14-22(20)23/h4-7,11-14,18,23-24H,3,8-10,15-17H2,1-2H3,(H,29,34)(H,30,33)(H,31,32). The fourth-order valence-electron chi connectivity index (χ4n) is 4.99. The number of fused-ring (bicyclic) bond motifs is 3. The number of amides is 2. The largest absolute Gasteiger partial charge is 0.481 e. The van der Waals surface area contributed by atoms with E-state index in [2.05, 4.69) is 34.9 Å². The predicted octanol–water partition coefficient (Wildman–Crippen LogP) is 4.70. The molecule has 2 aliphatic carbocycles. The van der Waals surface area contributed by atoms with Gasteiger partial charge in [-0.3, -0.25) is 9.59 Å². The maximum Gasteiger partial charge on any atom is 0.407 e. The van der Waals surface area contributed by atoms with E-state index in [-0.39, 0.29) is 43.4 Å². The van der Waals surface area contributed by atoms with Crippen LogP contribution in [0.1, 0.15) is 63.0 Å². The number of carbonyl (C=O) groups excluding carboxylic acids is 2. The molecule has 7 nitrogen and oxygen atoms in total. The summed E-state index contributed by atoms with van der Waals surface area (Å²) in [4.78, 5) is 37.0. The Labute approximate surface area is 206 Å². The van der Waals surface area contributed by atoms with Crippen molar-refractivity contribution in [3.63, 3.8) is 0 Å². The van der Waals surface area contributed by atoms with Crippen LogP contribution in [0.3, 0.4) is 0 Å². The fraction of sp³-hybridized carbons (Fsp3) is 0.464. The third-order valence-electron chi connectivity index (χ3n) is 7.72. The summed E-state index contributed by atoms with van der Waals surface area (Å²) >= 11 is 0. The van der Waals surface area contributed by atoms with Crippen molar-refractivity contribution in [3.8, 4) is 11.1 Å². The molecule has 0 bridgehead atoms. The molecule has 2 amide bonds. The molecule has 0 aliphatic heterocycles. The van der Waals surface area contributed by atoms with Gasteiger partial charge in [0.05, 0.1) is 11.8 Å². The van der Waals surface area contributed by atoms with Crippen molar-refractivity contribution < 1.29 is 24.2 Å². The molecule has 7 heteroatoms. The molecule has 0 heterocycles. The predicted molar refractivity (Wildman–Crippen MR) is 133 cm³/mol. The second kappa shape index (κ2) is 10.5. The molecular formula is C28H34N2O5. The minimum absolute atomic E-state index is 0.0340. The third kappa shape index (κ3) is 5.34. The second-order valence-corrected chi connectivity index (χ2v) is 9.96. The number of nitrogens with one attached hydrogen (secondary N) is 2. The molecule has 2 aromatic carbocycles. The number of hydrogen-bond donors (Lipinski definition) is 3. The number of carboxylic acids is 1. The lowest BCUT2D eigenvalue weighted by Gasteiger charge is -2.36. The number of rotatable bonds is 10. The third-order valence-corrected chi connectivity index (χ3v) is 7.72. The Morgan fingerprint density at radius 1 is 1.06 bits per heavy atom. The van der Waals surface area contributed by atoms with Gasteiger partial charge in [0.2, 0.25) is 5.91 Å². The van der Waals surface area contributed by atoms with Crippen LogP contribution >= 0.6 is 0 Å². The van der Waals surface area contributed by atoms with Crippen LogP contribution in [0.25, 0.3) is 11.1 Å². The van der Waals surface area contributed by atoms with Crippen molar-refractivity contribution in [1.29, 1.82) is 0 Å². The van der Waals surface area contributed by atoms with Gasteiger partial charge in [-0.25, -0.2) is 4.79 Å². The average Bonchev–Trinajstić information content (AvgIpc) is 3.13. The van der Waals surface area contributed by atoms with Gasteiger partial charge in [-0.2, -0.15) is 0 Å². The molecule has 0 saturated heterocycles. The van der Waals surface area contributed by atoms with Crippen LogP contribution in [0.4, 0.5) is 4.79 Å². The highest BCUT2D eigenvalue weighted by atomic mass is 16.5. The lowest BCUT2D eigenvalue weighted by Crippen LogP contribution is -2.52. The monoisotopic (exact) mass is 478 g/mol. The minimum atomic E-state index is -0.919. The molecule has 35 heavy (non-hydrogen) atoms. The van der Waals surface area contributed by atoms with Crippen LogP contribution in [0.5, 0.6) is 0 Å². The summed E-state index contributed by atoms with van der Waals surface area (Å²) in [7, 11) is 0. The van der Waals surface area contributed by atoms with E-state index >= 15 is 0 Å². The average molecular weight is 479 g/mol. The molecule has 1 fully saturated rings. The topological polar surface area (TPSA) is 105 Å². The highest BCUT2D eigenvalue weighted by Gasteiger charge is 2.37. The maximum absolute atomic E-state index is 13.1. The Kier molecular flexibility index (Phi) is 7.43. The van der Waals surface area contributed by atoms with Crippen LogP contribution in [0.2, 0.25) is 0 Å². The van der Waals surface area contributed by atoms with Gasteiger partial charge in [-0.05, 0) is 54.4 Å². The van der Waals surface area contributed by atoms with Crippen LogP contribution in [-0.4, -0.2) is 42.3 Å². The number of ether oxygens (including phenoxy) is 1. The van der Waals surface area contributed by atoms with E-state index in [1.54, 1.807) is 6.92 Å². The summed E-state index contributed by atoms with van der Waals surface area (Å²) < 4.78 is 5.60. The number of carbonyl (C=O) groups is 3. The zero-order valence-electron chi connectivity index (χ0n) is 20.4. The van der Waals surface area contributed by atoms with Gasteiger partial charge >= 0.3 is 12.1 Å². The maximum atomic E-state index is 13.1. The van der Waals surface area contributed by atoms with Crippen LogP contribution in [0, 0.1) is 11.3 Å². The van der Waals surface area contributed by atoms with Gasteiger partial charge in [0, 0.05) is 18.5 Å². The molecule has 0 radical (unpaired) electrons. The van der Waals surface area contributed by atoms with Gasteiger partial charge in [0.25, 0.3) is 0 Å². The summed E-state index contributed by atoms with van der Waals surface area (Å²) in [6, 6.07) is 15.9. The van der Waals surface area contributed by atoms with Crippen LogP contribution < -0.4 is 10.6 Å². The molecule has 4 rings (SSSR count). The van der Waals surface area contributed by atoms with Gasteiger partial charge in [0.1, 0.15) is 6.61 Å². The van der Waals surface area contributed by atoms with Crippen molar-refractivity contribution in [3.05, 3.63) is 59.7 Å². The first-order valence-electron chi connectivity index (χ1n) is 12.4. The molecule has 0 aromatic heterocycles. The van der Waals surface area contributed by atoms with E-state index in [1.807, 2.05) is 31.2 Å². The summed E-state index contributed by atoms with van der Waals surface area (Å²) in [6.45, 7) is 3.98.